The van der Waals surface area contributed by atoms with Gasteiger partial charge in [0, 0.05) is 10.0 Å². The van der Waals surface area contributed by atoms with Gasteiger partial charge in [0.05, 0.1) is 31.9 Å². The molecule has 0 saturated carbocycles. The Bertz CT molecular complexity index is 949. The van der Waals surface area contributed by atoms with Gasteiger partial charge < -0.3 is 14.2 Å². The number of nitrogens with zero attached hydrogens (tertiary/aromatic N) is 1. The molecule has 9 heteroatoms. The number of hydrogen-bond acceptors (Lipinski definition) is 6. The Labute approximate surface area is 182 Å². The first kappa shape index (κ1) is 20.8. The van der Waals surface area contributed by atoms with E-state index in [1.165, 1.54) is 38.0 Å². The SMILES string of the molecule is COc1cc(C=C2SC(=S)N(c3cc(Cl)cc(Cl)c3)C2=O)cc(OC)c1OC. The van der Waals surface area contributed by atoms with Crippen molar-refractivity contribution < 1.29 is 19.0 Å². The summed E-state index contributed by atoms with van der Waals surface area (Å²) in [6.45, 7) is 0. The molecule has 5 nitrogen and oxygen atoms in total. The van der Waals surface area contributed by atoms with Crippen LogP contribution in [0.25, 0.3) is 6.08 Å². The predicted octanol–water partition coefficient (Wildman–Crippen LogP) is 5.43. The van der Waals surface area contributed by atoms with Gasteiger partial charge in [0.25, 0.3) is 5.91 Å². The maximum Gasteiger partial charge on any atom is 0.270 e. The highest BCUT2D eigenvalue weighted by atomic mass is 35.5. The molecule has 0 unspecified atom stereocenters. The zero-order valence-corrected chi connectivity index (χ0v) is 18.3. The van der Waals surface area contributed by atoms with Gasteiger partial charge >= 0.3 is 0 Å². The normalized spacial score (nSPS) is 15.3. The number of benzene rings is 2. The molecule has 0 atom stereocenters. The lowest BCUT2D eigenvalue weighted by atomic mass is 10.1. The van der Waals surface area contributed by atoms with Crippen LogP contribution in [0.4, 0.5) is 5.69 Å². The van der Waals surface area contributed by atoms with Gasteiger partial charge in [0.2, 0.25) is 5.75 Å². The molecular formula is C19H15Cl2NO4S2. The smallest absolute Gasteiger partial charge is 0.270 e. The third-order valence-electron chi connectivity index (χ3n) is 3.88. The van der Waals surface area contributed by atoms with Gasteiger partial charge in [-0.25, -0.2) is 0 Å². The summed E-state index contributed by atoms with van der Waals surface area (Å²) in [5.41, 5.74) is 1.23. The minimum absolute atomic E-state index is 0.262. The minimum Gasteiger partial charge on any atom is -0.493 e. The van der Waals surface area contributed by atoms with Crippen molar-refractivity contribution in [2.75, 3.05) is 26.2 Å². The number of hydrogen-bond donors (Lipinski definition) is 0. The van der Waals surface area contributed by atoms with Crippen molar-refractivity contribution >= 4 is 69.2 Å². The van der Waals surface area contributed by atoms with Gasteiger partial charge in [-0.05, 0) is 42.0 Å². The van der Waals surface area contributed by atoms with Crippen molar-refractivity contribution in [3.8, 4) is 17.2 Å². The maximum atomic E-state index is 13.0. The van der Waals surface area contributed by atoms with Crippen LogP contribution in [0.3, 0.4) is 0 Å². The number of halogens is 2. The molecule has 0 aromatic heterocycles. The van der Waals surface area contributed by atoms with E-state index >= 15 is 0 Å². The van der Waals surface area contributed by atoms with Gasteiger partial charge in [-0.1, -0.05) is 47.2 Å². The number of ether oxygens (including phenoxy) is 3. The largest absolute Gasteiger partial charge is 0.493 e. The number of thioether (sulfide) groups is 1. The Hall–Kier alpha value is -1.93. The molecule has 28 heavy (non-hydrogen) atoms. The summed E-state index contributed by atoms with van der Waals surface area (Å²) in [5, 5.41) is 0.843. The molecule has 2 aromatic rings. The Morgan fingerprint density at radius 1 is 0.964 bits per heavy atom. The van der Waals surface area contributed by atoms with Crippen molar-refractivity contribution in [2.24, 2.45) is 0 Å². The highest BCUT2D eigenvalue weighted by Crippen LogP contribution is 2.41. The molecule has 0 N–H and O–H groups in total. The molecule has 0 aliphatic carbocycles. The van der Waals surface area contributed by atoms with Crippen LogP contribution in [0.5, 0.6) is 17.2 Å². The third kappa shape index (κ3) is 4.07. The van der Waals surface area contributed by atoms with E-state index in [4.69, 9.17) is 49.6 Å². The van der Waals surface area contributed by atoms with Crippen molar-refractivity contribution in [3.63, 3.8) is 0 Å². The summed E-state index contributed by atoms with van der Waals surface area (Å²) < 4.78 is 16.4. The summed E-state index contributed by atoms with van der Waals surface area (Å²) in [7, 11) is 4.59. The lowest BCUT2D eigenvalue weighted by molar-refractivity contribution is -0.113. The fraction of sp³-hybridized carbons (Fsp3) is 0.158. The third-order valence-corrected chi connectivity index (χ3v) is 5.62. The molecule has 1 amide bonds. The highest BCUT2D eigenvalue weighted by Gasteiger charge is 2.33. The van der Waals surface area contributed by atoms with Gasteiger partial charge in [0.15, 0.2) is 15.8 Å². The summed E-state index contributed by atoms with van der Waals surface area (Å²) in [5.74, 6) is 1.20. The first-order valence-electron chi connectivity index (χ1n) is 7.92. The molecule has 2 aromatic carbocycles. The fourth-order valence-corrected chi connectivity index (χ4v) is 4.51. The van der Waals surface area contributed by atoms with E-state index < -0.39 is 0 Å². The molecule has 0 bridgehead atoms. The van der Waals surface area contributed by atoms with E-state index in [0.717, 1.165) is 0 Å². The molecule has 3 rings (SSSR count). The van der Waals surface area contributed by atoms with Crippen LogP contribution in [-0.2, 0) is 4.79 Å². The van der Waals surface area contributed by atoms with Crippen LogP contribution in [0.15, 0.2) is 35.2 Å². The van der Waals surface area contributed by atoms with Crippen molar-refractivity contribution in [1.29, 1.82) is 0 Å². The average molecular weight is 456 g/mol. The molecule has 1 heterocycles. The first-order valence-corrected chi connectivity index (χ1v) is 9.90. The minimum atomic E-state index is -0.262. The number of thiocarbonyl (C=S) groups is 1. The van der Waals surface area contributed by atoms with Gasteiger partial charge in [-0.2, -0.15) is 0 Å². The standard InChI is InChI=1S/C19H15Cl2NO4S2/c1-24-14-4-10(5-15(25-2)17(14)26-3)6-16-18(23)22(19(27)28-16)13-8-11(20)7-12(21)9-13/h4-9H,1-3H3. The van der Waals surface area contributed by atoms with Crippen molar-refractivity contribution in [3.05, 3.63) is 50.8 Å². The molecule has 1 aliphatic rings. The second-order valence-corrected chi connectivity index (χ2v) is 8.15. The second-order valence-electron chi connectivity index (χ2n) is 5.60. The van der Waals surface area contributed by atoms with Gasteiger partial charge in [-0.3, -0.25) is 9.69 Å². The summed E-state index contributed by atoms with van der Waals surface area (Å²) >= 11 is 18.7. The van der Waals surface area contributed by atoms with E-state index in [1.54, 1.807) is 36.4 Å². The van der Waals surface area contributed by atoms with Crippen molar-refractivity contribution in [1.82, 2.24) is 0 Å². The molecule has 1 saturated heterocycles. The Morgan fingerprint density at radius 2 is 1.54 bits per heavy atom. The van der Waals surface area contributed by atoms with Crippen LogP contribution < -0.4 is 19.1 Å². The first-order chi connectivity index (χ1) is 13.4. The predicted molar refractivity (Wildman–Crippen MR) is 118 cm³/mol. The Morgan fingerprint density at radius 3 is 2.04 bits per heavy atom. The summed E-state index contributed by atoms with van der Waals surface area (Å²) in [4.78, 5) is 14.8. The quantitative estimate of drug-likeness (QED) is 0.442. The average Bonchev–Trinajstić information content (AvgIpc) is 2.93. The number of methoxy groups -OCH3 is 3. The van der Waals surface area contributed by atoms with E-state index in [0.29, 0.717) is 47.8 Å². The van der Waals surface area contributed by atoms with E-state index in [-0.39, 0.29) is 5.91 Å². The number of rotatable bonds is 5. The highest BCUT2D eigenvalue weighted by molar-refractivity contribution is 8.27. The molecule has 1 fully saturated rings. The van der Waals surface area contributed by atoms with E-state index in [2.05, 4.69) is 0 Å². The fourth-order valence-electron chi connectivity index (χ4n) is 2.69. The Kier molecular flexibility index (Phi) is 6.40. The van der Waals surface area contributed by atoms with Crippen LogP contribution in [0.1, 0.15) is 5.56 Å². The molecule has 0 radical (unpaired) electrons. The lowest BCUT2D eigenvalue weighted by Gasteiger charge is -2.15. The number of carbonyl (C=O) groups is 1. The molecule has 0 spiro atoms. The van der Waals surface area contributed by atoms with Crippen LogP contribution in [0, 0.1) is 0 Å². The van der Waals surface area contributed by atoms with Crippen LogP contribution in [0.2, 0.25) is 10.0 Å². The number of carbonyl (C=O) groups excluding carboxylic acids is 1. The molecule has 146 valence electrons. The maximum absolute atomic E-state index is 13.0. The van der Waals surface area contributed by atoms with E-state index in [9.17, 15) is 4.79 Å². The van der Waals surface area contributed by atoms with Crippen molar-refractivity contribution in [2.45, 2.75) is 0 Å². The Balaban J connectivity index is 2.00. The second kappa shape index (κ2) is 8.61. The van der Waals surface area contributed by atoms with Gasteiger partial charge in [-0.15, -0.1) is 0 Å². The lowest BCUT2D eigenvalue weighted by Crippen LogP contribution is -2.27. The van der Waals surface area contributed by atoms with E-state index in [1.807, 2.05) is 0 Å². The summed E-state index contributed by atoms with van der Waals surface area (Å²) in [6, 6.07) is 8.38. The van der Waals surface area contributed by atoms with Crippen LogP contribution >= 0.6 is 47.2 Å². The molecular weight excluding hydrogens is 441 g/mol. The zero-order chi connectivity index (χ0) is 20.4. The van der Waals surface area contributed by atoms with Crippen LogP contribution in [-0.4, -0.2) is 31.6 Å². The number of anilines is 1. The van der Waals surface area contributed by atoms with Gasteiger partial charge in [0.1, 0.15) is 0 Å². The number of amides is 1. The topological polar surface area (TPSA) is 48.0 Å². The zero-order valence-electron chi connectivity index (χ0n) is 15.1. The molecule has 1 aliphatic heterocycles. The monoisotopic (exact) mass is 455 g/mol. The summed E-state index contributed by atoms with van der Waals surface area (Å²) in [6.07, 6.45) is 1.72.